The number of anilines is 2. The van der Waals surface area contributed by atoms with Gasteiger partial charge in [0.1, 0.15) is 0 Å². The van der Waals surface area contributed by atoms with Gasteiger partial charge in [-0.3, -0.25) is 0 Å². The number of rotatable bonds is 4. The first kappa shape index (κ1) is 11.2. The van der Waals surface area contributed by atoms with Crippen LogP contribution in [0.2, 0.25) is 5.02 Å². The zero-order valence-corrected chi connectivity index (χ0v) is 9.43. The third-order valence-corrected chi connectivity index (χ3v) is 2.69. The third kappa shape index (κ3) is 2.81. The Hall–Kier alpha value is -0.890. The average Bonchev–Trinajstić information content (AvgIpc) is 2.16. The fourth-order valence-corrected chi connectivity index (χ4v) is 1.40. The molecule has 2 nitrogen and oxygen atoms in total. The summed E-state index contributed by atoms with van der Waals surface area (Å²) in [6, 6.07) is 5.55. The molecule has 0 aliphatic heterocycles. The lowest BCUT2D eigenvalue weighted by Gasteiger charge is -2.14. The number of nitrogens with one attached hydrogen (secondary N) is 1. The first-order valence-electron chi connectivity index (χ1n) is 4.93. The van der Waals surface area contributed by atoms with Gasteiger partial charge < -0.3 is 11.1 Å². The van der Waals surface area contributed by atoms with Gasteiger partial charge in [-0.15, -0.1) is 0 Å². The molecule has 0 saturated carbocycles. The highest BCUT2D eigenvalue weighted by Gasteiger charge is 2.05. The molecule has 0 radical (unpaired) electrons. The fourth-order valence-electron chi connectivity index (χ4n) is 1.15. The Morgan fingerprint density at radius 3 is 2.79 bits per heavy atom. The van der Waals surface area contributed by atoms with Crippen LogP contribution in [0.3, 0.4) is 0 Å². The summed E-state index contributed by atoms with van der Waals surface area (Å²) >= 11 is 6.01. The molecule has 0 aromatic heterocycles. The lowest BCUT2D eigenvalue weighted by molar-refractivity contribution is 0.593. The first-order valence-corrected chi connectivity index (χ1v) is 5.30. The van der Waals surface area contributed by atoms with Crippen LogP contribution in [0.5, 0.6) is 0 Å². The topological polar surface area (TPSA) is 38.0 Å². The van der Waals surface area contributed by atoms with Gasteiger partial charge in [-0.25, -0.2) is 0 Å². The van der Waals surface area contributed by atoms with Crippen molar-refractivity contribution in [2.75, 3.05) is 17.6 Å². The number of halogens is 1. The standard InChI is InChI=1S/C11H17ClN2/c1-3-8(2)7-14-11-9(12)5-4-6-10(11)13/h4-6,8,14H,3,7,13H2,1-2H3. The Bertz CT molecular complexity index is 279. The highest BCUT2D eigenvalue weighted by Crippen LogP contribution is 2.27. The van der Waals surface area contributed by atoms with Crippen LogP contribution in [0.4, 0.5) is 11.4 Å². The fraction of sp³-hybridized carbons (Fsp3) is 0.455. The molecular weight excluding hydrogens is 196 g/mol. The second-order valence-electron chi connectivity index (χ2n) is 3.60. The minimum Gasteiger partial charge on any atom is -0.397 e. The molecule has 0 aliphatic carbocycles. The van der Waals surface area contributed by atoms with Gasteiger partial charge in [0.15, 0.2) is 0 Å². The maximum atomic E-state index is 6.01. The van der Waals surface area contributed by atoms with Gasteiger partial charge in [0.2, 0.25) is 0 Å². The minimum absolute atomic E-state index is 0.630. The van der Waals surface area contributed by atoms with Gasteiger partial charge in [-0.2, -0.15) is 0 Å². The largest absolute Gasteiger partial charge is 0.397 e. The smallest absolute Gasteiger partial charge is 0.0763 e. The SMILES string of the molecule is CCC(C)CNc1c(N)cccc1Cl. The van der Waals surface area contributed by atoms with Crippen LogP contribution in [0, 0.1) is 5.92 Å². The van der Waals surface area contributed by atoms with Crippen LogP contribution < -0.4 is 11.1 Å². The Morgan fingerprint density at radius 2 is 2.21 bits per heavy atom. The molecule has 1 unspecified atom stereocenters. The molecule has 1 aromatic carbocycles. The molecule has 78 valence electrons. The van der Waals surface area contributed by atoms with Crippen LogP contribution in [-0.2, 0) is 0 Å². The highest BCUT2D eigenvalue weighted by atomic mass is 35.5. The van der Waals surface area contributed by atoms with E-state index in [9.17, 15) is 0 Å². The molecule has 3 heteroatoms. The van der Waals surface area contributed by atoms with Crippen LogP contribution >= 0.6 is 11.6 Å². The van der Waals surface area contributed by atoms with E-state index in [0.29, 0.717) is 16.6 Å². The van der Waals surface area contributed by atoms with E-state index in [-0.39, 0.29) is 0 Å². The molecule has 0 saturated heterocycles. The molecule has 0 spiro atoms. The van der Waals surface area contributed by atoms with Crippen molar-refractivity contribution in [1.29, 1.82) is 0 Å². The summed E-state index contributed by atoms with van der Waals surface area (Å²) in [6.07, 6.45) is 1.15. The second kappa shape index (κ2) is 5.11. The van der Waals surface area contributed by atoms with E-state index in [1.54, 1.807) is 0 Å². The van der Waals surface area contributed by atoms with Crippen molar-refractivity contribution in [2.45, 2.75) is 20.3 Å². The van der Waals surface area contributed by atoms with Crippen LogP contribution in [0.1, 0.15) is 20.3 Å². The van der Waals surface area contributed by atoms with Crippen LogP contribution in [0.25, 0.3) is 0 Å². The number of nitrogen functional groups attached to an aromatic ring is 1. The van der Waals surface area contributed by atoms with Gasteiger partial charge in [0.05, 0.1) is 16.4 Å². The zero-order valence-electron chi connectivity index (χ0n) is 8.68. The molecule has 3 N–H and O–H groups in total. The van der Waals surface area contributed by atoms with E-state index in [1.165, 1.54) is 0 Å². The maximum absolute atomic E-state index is 6.01. The lowest BCUT2D eigenvalue weighted by Crippen LogP contribution is -2.11. The molecule has 0 bridgehead atoms. The summed E-state index contributed by atoms with van der Waals surface area (Å²) in [5, 5.41) is 3.96. The van der Waals surface area contributed by atoms with Gasteiger partial charge in [0.25, 0.3) is 0 Å². The lowest BCUT2D eigenvalue weighted by atomic mass is 10.1. The van der Waals surface area contributed by atoms with Crippen molar-refractivity contribution >= 4 is 23.0 Å². The van der Waals surface area contributed by atoms with Crippen molar-refractivity contribution in [3.63, 3.8) is 0 Å². The summed E-state index contributed by atoms with van der Waals surface area (Å²) in [7, 11) is 0. The van der Waals surface area contributed by atoms with E-state index < -0.39 is 0 Å². The molecule has 0 aliphatic rings. The molecule has 14 heavy (non-hydrogen) atoms. The number of hydrogen-bond acceptors (Lipinski definition) is 2. The van der Waals surface area contributed by atoms with Gasteiger partial charge >= 0.3 is 0 Å². The van der Waals surface area contributed by atoms with Gasteiger partial charge in [0, 0.05) is 6.54 Å². The number of benzene rings is 1. The van der Waals surface area contributed by atoms with E-state index in [1.807, 2.05) is 18.2 Å². The van der Waals surface area contributed by atoms with Crippen molar-refractivity contribution in [2.24, 2.45) is 5.92 Å². The third-order valence-electron chi connectivity index (χ3n) is 2.37. The maximum Gasteiger partial charge on any atom is 0.0763 e. The summed E-state index contributed by atoms with van der Waals surface area (Å²) in [5.74, 6) is 0.630. The molecule has 1 aromatic rings. The van der Waals surface area contributed by atoms with E-state index in [2.05, 4.69) is 19.2 Å². The van der Waals surface area contributed by atoms with Crippen molar-refractivity contribution in [3.8, 4) is 0 Å². The number of nitrogens with two attached hydrogens (primary N) is 1. The average molecular weight is 213 g/mol. The van der Waals surface area contributed by atoms with Crippen molar-refractivity contribution in [3.05, 3.63) is 23.2 Å². The molecule has 1 atom stereocenters. The van der Waals surface area contributed by atoms with Gasteiger partial charge in [-0.1, -0.05) is 37.9 Å². The van der Waals surface area contributed by atoms with Crippen molar-refractivity contribution < 1.29 is 0 Å². The molecule has 0 amide bonds. The first-order chi connectivity index (χ1) is 6.65. The molecule has 0 fully saturated rings. The van der Waals surface area contributed by atoms with Gasteiger partial charge in [-0.05, 0) is 18.1 Å². The Kier molecular flexibility index (Phi) is 4.08. The minimum atomic E-state index is 0.630. The molecule has 0 heterocycles. The normalized spacial score (nSPS) is 12.5. The van der Waals surface area contributed by atoms with E-state index in [0.717, 1.165) is 18.7 Å². The Labute approximate surface area is 90.4 Å². The van der Waals surface area contributed by atoms with Crippen molar-refractivity contribution in [1.82, 2.24) is 0 Å². The summed E-state index contributed by atoms with van der Waals surface area (Å²) in [6.45, 7) is 5.27. The monoisotopic (exact) mass is 212 g/mol. The number of para-hydroxylation sites is 1. The number of hydrogen-bond donors (Lipinski definition) is 2. The predicted molar refractivity (Wildman–Crippen MR) is 63.8 cm³/mol. The molecule has 1 rings (SSSR count). The van der Waals surface area contributed by atoms with Crippen LogP contribution in [0.15, 0.2) is 18.2 Å². The Morgan fingerprint density at radius 1 is 1.50 bits per heavy atom. The zero-order chi connectivity index (χ0) is 10.6. The quantitative estimate of drug-likeness (QED) is 0.751. The summed E-state index contributed by atoms with van der Waals surface area (Å²) in [4.78, 5) is 0. The van der Waals surface area contributed by atoms with Crippen LogP contribution in [-0.4, -0.2) is 6.54 Å². The second-order valence-corrected chi connectivity index (χ2v) is 4.01. The molecular formula is C11H17ClN2. The predicted octanol–water partition coefficient (Wildman–Crippen LogP) is 3.38. The van der Waals surface area contributed by atoms with E-state index >= 15 is 0 Å². The van der Waals surface area contributed by atoms with E-state index in [4.69, 9.17) is 17.3 Å². The Balaban J connectivity index is 2.66. The summed E-state index contributed by atoms with van der Waals surface area (Å²) < 4.78 is 0. The summed E-state index contributed by atoms with van der Waals surface area (Å²) in [5.41, 5.74) is 7.37. The highest BCUT2D eigenvalue weighted by molar-refractivity contribution is 6.33.